The van der Waals surface area contributed by atoms with Gasteiger partial charge in [-0.15, -0.1) is 0 Å². The van der Waals surface area contributed by atoms with Crippen LogP contribution in [-0.2, 0) is 4.79 Å². The highest BCUT2D eigenvalue weighted by Gasteiger charge is 2.15. The molecule has 3 nitrogen and oxygen atoms in total. The molecule has 0 radical (unpaired) electrons. The van der Waals surface area contributed by atoms with Gasteiger partial charge in [-0.25, -0.2) is 0 Å². The van der Waals surface area contributed by atoms with Crippen molar-refractivity contribution in [3.8, 4) is 0 Å². The molecule has 1 amide bonds. The second-order valence-corrected chi connectivity index (χ2v) is 5.25. The Balaban J connectivity index is 1.75. The van der Waals surface area contributed by atoms with Crippen LogP contribution in [0.5, 0.6) is 0 Å². The smallest absolute Gasteiger partial charge is 0.244 e. The summed E-state index contributed by atoms with van der Waals surface area (Å²) < 4.78 is 0. The van der Waals surface area contributed by atoms with E-state index in [9.17, 15) is 4.79 Å². The summed E-state index contributed by atoms with van der Waals surface area (Å²) in [5, 5.41) is 4.14. The summed E-state index contributed by atoms with van der Waals surface area (Å²) in [4.78, 5) is 16.3. The Bertz CT molecular complexity index is 637. The van der Waals surface area contributed by atoms with E-state index in [-0.39, 0.29) is 5.91 Å². The van der Waals surface area contributed by atoms with Crippen molar-refractivity contribution in [2.45, 2.75) is 31.7 Å². The molecule has 1 aromatic heterocycles. The van der Waals surface area contributed by atoms with E-state index >= 15 is 0 Å². The molecule has 0 unspecified atom stereocenters. The van der Waals surface area contributed by atoms with E-state index in [2.05, 4.69) is 10.3 Å². The highest BCUT2D eigenvalue weighted by molar-refractivity contribution is 5.95. The number of nitrogens with zero attached hydrogens (tertiary/aromatic N) is 1. The molecule has 1 aromatic carbocycles. The van der Waals surface area contributed by atoms with E-state index in [1.807, 2.05) is 36.4 Å². The number of aromatic nitrogens is 1. The molecule has 0 bridgehead atoms. The van der Waals surface area contributed by atoms with Gasteiger partial charge in [-0.3, -0.25) is 9.78 Å². The normalized spacial score (nSPS) is 16.0. The van der Waals surface area contributed by atoms with Crippen molar-refractivity contribution in [3.63, 3.8) is 0 Å². The summed E-state index contributed by atoms with van der Waals surface area (Å²) in [5.74, 6) is -0.00941. The zero-order chi connectivity index (χ0) is 13.8. The van der Waals surface area contributed by atoms with Gasteiger partial charge in [0, 0.05) is 29.3 Å². The third kappa shape index (κ3) is 2.87. The van der Waals surface area contributed by atoms with E-state index in [1.54, 1.807) is 12.3 Å². The van der Waals surface area contributed by atoms with Gasteiger partial charge in [0.2, 0.25) is 5.91 Å². The molecule has 1 saturated carbocycles. The molecule has 2 aromatic rings. The van der Waals surface area contributed by atoms with Gasteiger partial charge in [0.25, 0.3) is 0 Å². The van der Waals surface area contributed by atoms with E-state index in [0.29, 0.717) is 6.04 Å². The van der Waals surface area contributed by atoms with Crippen molar-refractivity contribution in [1.82, 2.24) is 10.3 Å². The number of hydrogen-bond donors (Lipinski definition) is 1. The Hall–Kier alpha value is -2.16. The zero-order valence-electron chi connectivity index (χ0n) is 11.4. The van der Waals surface area contributed by atoms with Gasteiger partial charge in [-0.1, -0.05) is 37.1 Å². The van der Waals surface area contributed by atoms with Gasteiger partial charge in [0.05, 0.1) is 5.52 Å². The van der Waals surface area contributed by atoms with Crippen LogP contribution in [0.15, 0.2) is 42.6 Å². The van der Waals surface area contributed by atoms with E-state index in [4.69, 9.17) is 0 Å². The van der Waals surface area contributed by atoms with Crippen LogP contribution in [0.4, 0.5) is 0 Å². The maximum Gasteiger partial charge on any atom is 0.244 e. The lowest BCUT2D eigenvalue weighted by Gasteiger charge is -2.09. The molecule has 0 spiro atoms. The van der Waals surface area contributed by atoms with E-state index in [0.717, 1.165) is 29.3 Å². The minimum Gasteiger partial charge on any atom is -0.350 e. The molecular formula is C17H18N2O. The Morgan fingerprint density at radius 2 is 2.00 bits per heavy atom. The second-order valence-electron chi connectivity index (χ2n) is 5.25. The van der Waals surface area contributed by atoms with Crippen molar-refractivity contribution < 1.29 is 4.79 Å². The highest BCUT2D eigenvalue weighted by atomic mass is 16.1. The lowest BCUT2D eigenvalue weighted by atomic mass is 10.1. The predicted octanol–water partition coefficient (Wildman–Crippen LogP) is 3.31. The Morgan fingerprint density at radius 3 is 2.85 bits per heavy atom. The number of para-hydroxylation sites is 1. The standard InChI is InChI=1S/C17H18N2O/c20-16(19-15-8-1-2-9-15)11-10-14-6-3-5-13-7-4-12-18-17(13)14/h3-7,10-12,15H,1-2,8-9H2,(H,19,20)/b11-10+. The fourth-order valence-electron chi connectivity index (χ4n) is 2.75. The molecule has 3 rings (SSSR count). The lowest BCUT2D eigenvalue weighted by Crippen LogP contribution is -2.30. The fourth-order valence-corrected chi connectivity index (χ4v) is 2.75. The quantitative estimate of drug-likeness (QED) is 0.866. The summed E-state index contributed by atoms with van der Waals surface area (Å²) >= 11 is 0. The Kier molecular flexibility index (Phi) is 3.77. The zero-order valence-corrected chi connectivity index (χ0v) is 11.4. The van der Waals surface area contributed by atoms with Gasteiger partial charge < -0.3 is 5.32 Å². The van der Waals surface area contributed by atoms with Gasteiger partial charge in [0.15, 0.2) is 0 Å². The molecule has 0 aliphatic heterocycles. The maximum atomic E-state index is 11.9. The van der Waals surface area contributed by atoms with Crippen LogP contribution in [0.25, 0.3) is 17.0 Å². The minimum atomic E-state index is -0.00941. The second kappa shape index (κ2) is 5.87. The van der Waals surface area contributed by atoms with Crippen molar-refractivity contribution in [3.05, 3.63) is 48.2 Å². The molecule has 102 valence electrons. The molecule has 0 atom stereocenters. The van der Waals surface area contributed by atoms with Crippen molar-refractivity contribution >= 4 is 22.9 Å². The number of benzene rings is 1. The number of amides is 1. The van der Waals surface area contributed by atoms with Gasteiger partial charge in [-0.2, -0.15) is 0 Å². The number of carbonyl (C=O) groups is 1. The first-order valence-corrected chi connectivity index (χ1v) is 7.15. The van der Waals surface area contributed by atoms with Crippen LogP contribution in [0, 0.1) is 0 Å². The van der Waals surface area contributed by atoms with Crippen LogP contribution < -0.4 is 5.32 Å². The lowest BCUT2D eigenvalue weighted by molar-refractivity contribution is -0.117. The molecule has 1 fully saturated rings. The summed E-state index contributed by atoms with van der Waals surface area (Å²) in [5.41, 5.74) is 1.91. The summed E-state index contributed by atoms with van der Waals surface area (Å²) in [6.45, 7) is 0. The number of pyridine rings is 1. The first kappa shape index (κ1) is 12.9. The van der Waals surface area contributed by atoms with Crippen LogP contribution in [0.1, 0.15) is 31.2 Å². The van der Waals surface area contributed by atoms with Crippen LogP contribution in [-0.4, -0.2) is 16.9 Å². The average molecular weight is 266 g/mol. The summed E-state index contributed by atoms with van der Waals surface area (Å²) in [6.07, 6.45) is 9.90. The van der Waals surface area contributed by atoms with Gasteiger partial charge in [0.1, 0.15) is 0 Å². The first-order valence-electron chi connectivity index (χ1n) is 7.15. The third-order valence-corrected chi connectivity index (χ3v) is 3.78. The number of rotatable bonds is 3. The highest BCUT2D eigenvalue weighted by Crippen LogP contribution is 2.18. The largest absolute Gasteiger partial charge is 0.350 e. The molecular weight excluding hydrogens is 248 g/mol. The SMILES string of the molecule is O=C(/C=C/c1cccc2cccnc12)NC1CCCC1. The molecule has 20 heavy (non-hydrogen) atoms. The number of fused-ring (bicyclic) bond motifs is 1. The Labute approximate surface area is 118 Å². The van der Waals surface area contributed by atoms with Crippen molar-refractivity contribution in [2.75, 3.05) is 0 Å². The maximum absolute atomic E-state index is 11.9. The third-order valence-electron chi connectivity index (χ3n) is 3.78. The van der Waals surface area contributed by atoms with Crippen molar-refractivity contribution in [1.29, 1.82) is 0 Å². The van der Waals surface area contributed by atoms with Gasteiger partial charge in [-0.05, 0) is 25.0 Å². The monoisotopic (exact) mass is 266 g/mol. The molecule has 1 heterocycles. The topological polar surface area (TPSA) is 42.0 Å². The average Bonchev–Trinajstić information content (AvgIpc) is 2.98. The number of nitrogens with one attached hydrogen (secondary N) is 1. The first-order chi connectivity index (χ1) is 9.83. The fraction of sp³-hybridized carbons (Fsp3) is 0.294. The molecule has 1 aliphatic carbocycles. The summed E-state index contributed by atoms with van der Waals surface area (Å²) in [6, 6.07) is 10.3. The van der Waals surface area contributed by atoms with Gasteiger partial charge >= 0.3 is 0 Å². The minimum absolute atomic E-state index is 0.00941. The predicted molar refractivity (Wildman–Crippen MR) is 81.2 cm³/mol. The van der Waals surface area contributed by atoms with E-state index in [1.165, 1.54) is 12.8 Å². The molecule has 3 heteroatoms. The molecule has 0 saturated heterocycles. The summed E-state index contributed by atoms with van der Waals surface area (Å²) in [7, 11) is 0. The van der Waals surface area contributed by atoms with E-state index < -0.39 is 0 Å². The van der Waals surface area contributed by atoms with Crippen LogP contribution in [0.3, 0.4) is 0 Å². The van der Waals surface area contributed by atoms with Crippen molar-refractivity contribution in [2.24, 2.45) is 0 Å². The Morgan fingerprint density at radius 1 is 1.20 bits per heavy atom. The van der Waals surface area contributed by atoms with Crippen LogP contribution >= 0.6 is 0 Å². The molecule has 1 N–H and O–H groups in total. The molecule has 1 aliphatic rings. The van der Waals surface area contributed by atoms with Crippen LogP contribution in [0.2, 0.25) is 0 Å². The number of carbonyl (C=O) groups excluding carboxylic acids is 1. The number of hydrogen-bond acceptors (Lipinski definition) is 2.